The van der Waals surface area contributed by atoms with Crippen LogP contribution in [0.2, 0.25) is 0 Å². The fourth-order valence-corrected chi connectivity index (χ4v) is 2.47. The van der Waals surface area contributed by atoms with Crippen molar-refractivity contribution < 1.29 is 13.6 Å². The van der Waals surface area contributed by atoms with E-state index in [4.69, 9.17) is 0 Å². The molecule has 14 heavy (non-hydrogen) atoms. The Kier molecular flexibility index (Phi) is 1.31. The first-order valence-electron chi connectivity index (χ1n) is 5.13. The number of likely N-dealkylation sites (tertiary alicyclic amines) is 1. The van der Waals surface area contributed by atoms with E-state index in [9.17, 15) is 13.6 Å². The first kappa shape index (κ1) is 8.62. The zero-order chi connectivity index (χ0) is 10.1. The first-order chi connectivity index (χ1) is 6.46. The van der Waals surface area contributed by atoms with Crippen LogP contribution in [0, 0.1) is 17.3 Å². The van der Waals surface area contributed by atoms with Crippen LogP contribution in [-0.2, 0) is 4.79 Å². The van der Waals surface area contributed by atoms with Gasteiger partial charge >= 0.3 is 0 Å². The Morgan fingerprint density at radius 2 is 1.86 bits per heavy atom. The van der Waals surface area contributed by atoms with E-state index in [2.05, 4.69) is 0 Å². The fraction of sp³-hybridized carbons (Fsp3) is 0.900. The maximum atomic E-state index is 12.9. The average Bonchev–Trinajstić information content (AvgIpc) is 2.87. The van der Waals surface area contributed by atoms with Crippen LogP contribution in [0.25, 0.3) is 0 Å². The molecule has 2 nitrogen and oxygen atoms in total. The summed E-state index contributed by atoms with van der Waals surface area (Å²) in [6, 6.07) is 0. The number of halogens is 2. The van der Waals surface area contributed by atoms with Gasteiger partial charge in [-0.1, -0.05) is 6.92 Å². The number of hydrogen-bond donors (Lipinski definition) is 0. The number of amides is 1. The van der Waals surface area contributed by atoms with Gasteiger partial charge in [-0.05, 0) is 12.8 Å². The van der Waals surface area contributed by atoms with E-state index >= 15 is 0 Å². The standard InChI is InChI=1S/C10H13F2NO/c1-6-7(10(6,11)12)8(14)13-4-9(5-13)2-3-9/h6-7H,2-5H2,1H3/t6-,7+/m0/s1. The smallest absolute Gasteiger partial charge is 0.263 e. The number of nitrogens with zero attached hydrogens (tertiary/aromatic N) is 1. The van der Waals surface area contributed by atoms with Crippen LogP contribution in [-0.4, -0.2) is 29.8 Å². The third-order valence-corrected chi connectivity index (χ3v) is 4.00. The normalized spacial score (nSPS) is 40.6. The maximum absolute atomic E-state index is 12.9. The van der Waals surface area contributed by atoms with E-state index in [0.717, 1.165) is 13.1 Å². The molecule has 0 unspecified atom stereocenters. The maximum Gasteiger partial charge on any atom is 0.263 e. The van der Waals surface area contributed by atoms with Crippen molar-refractivity contribution in [3.05, 3.63) is 0 Å². The van der Waals surface area contributed by atoms with Crippen molar-refractivity contribution in [2.75, 3.05) is 13.1 Å². The molecule has 3 aliphatic rings. The number of carbonyl (C=O) groups is 1. The number of carbonyl (C=O) groups excluding carboxylic acids is 1. The van der Waals surface area contributed by atoms with Crippen LogP contribution in [0.3, 0.4) is 0 Å². The van der Waals surface area contributed by atoms with Crippen LogP contribution >= 0.6 is 0 Å². The highest BCUT2D eigenvalue weighted by Gasteiger charge is 2.71. The highest BCUT2D eigenvalue weighted by atomic mass is 19.3. The summed E-state index contributed by atoms with van der Waals surface area (Å²) < 4.78 is 25.8. The summed E-state index contributed by atoms with van der Waals surface area (Å²) in [5, 5.41) is 0. The average molecular weight is 201 g/mol. The van der Waals surface area contributed by atoms with Gasteiger partial charge in [0.1, 0.15) is 5.92 Å². The molecule has 1 amide bonds. The lowest BCUT2D eigenvalue weighted by atomic mass is 9.96. The van der Waals surface area contributed by atoms with E-state index in [-0.39, 0.29) is 5.91 Å². The van der Waals surface area contributed by atoms with Gasteiger partial charge in [0.2, 0.25) is 5.91 Å². The Bertz CT molecular complexity index is 303. The third kappa shape index (κ3) is 0.916. The van der Waals surface area contributed by atoms with Gasteiger partial charge in [0.05, 0.1) is 0 Å². The number of rotatable bonds is 1. The molecule has 0 aromatic carbocycles. The molecule has 3 fully saturated rings. The molecule has 1 spiro atoms. The van der Waals surface area contributed by atoms with Crippen molar-refractivity contribution in [3.63, 3.8) is 0 Å². The summed E-state index contributed by atoms with van der Waals surface area (Å²) in [6.45, 7) is 2.91. The summed E-state index contributed by atoms with van der Waals surface area (Å²) in [5.41, 5.74) is 0.364. The van der Waals surface area contributed by atoms with Gasteiger partial charge in [-0.3, -0.25) is 4.79 Å². The topological polar surface area (TPSA) is 20.3 Å². The quantitative estimate of drug-likeness (QED) is 0.629. The highest BCUT2D eigenvalue weighted by Crippen LogP contribution is 2.59. The zero-order valence-corrected chi connectivity index (χ0v) is 8.09. The Morgan fingerprint density at radius 1 is 1.36 bits per heavy atom. The molecular weight excluding hydrogens is 188 g/mol. The highest BCUT2D eigenvalue weighted by molar-refractivity contribution is 5.84. The summed E-state index contributed by atoms with van der Waals surface area (Å²) in [6.07, 6.45) is 2.35. The molecule has 1 aliphatic heterocycles. The number of hydrogen-bond acceptors (Lipinski definition) is 1. The molecule has 2 saturated carbocycles. The summed E-state index contributed by atoms with van der Waals surface area (Å²) >= 11 is 0. The molecule has 3 rings (SSSR count). The van der Waals surface area contributed by atoms with Crippen molar-refractivity contribution in [3.8, 4) is 0 Å². The predicted octanol–water partition coefficient (Wildman–Crippen LogP) is 1.51. The minimum Gasteiger partial charge on any atom is -0.341 e. The molecular formula is C10H13F2NO. The van der Waals surface area contributed by atoms with Gasteiger partial charge in [0, 0.05) is 24.4 Å². The van der Waals surface area contributed by atoms with E-state index < -0.39 is 17.8 Å². The summed E-state index contributed by atoms with van der Waals surface area (Å²) in [4.78, 5) is 13.2. The SMILES string of the molecule is C[C@H]1[C@H](C(=O)N2CC3(CC3)C2)C1(F)F. The van der Waals surface area contributed by atoms with Crippen LogP contribution in [0.4, 0.5) is 8.78 Å². The monoisotopic (exact) mass is 201 g/mol. The Balaban J connectivity index is 1.62. The van der Waals surface area contributed by atoms with Gasteiger partial charge in [0.15, 0.2) is 0 Å². The van der Waals surface area contributed by atoms with E-state index in [1.807, 2.05) is 0 Å². The van der Waals surface area contributed by atoms with Crippen molar-refractivity contribution in [1.82, 2.24) is 4.90 Å². The van der Waals surface area contributed by atoms with Crippen molar-refractivity contribution in [2.24, 2.45) is 17.3 Å². The van der Waals surface area contributed by atoms with Gasteiger partial charge in [-0.2, -0.15) is 0 Å². The summed E-state index contributed by atoms with van der Waals surface area (Å²) in [7, 11) is 0. The molecule has 1 saturated heterocycles. The lowest BCUT2D eigenvalue weighted by molar-refractivity contribution is -0.142. The Labute approximate surface area is 81.3 Å². The second kappa shape index (κ2) is 2.12. The Hall–Kier alpha value is -0.670. The van der Waals surface area contributed by atoms with Gasteiger partial charge in [-0.15, -0.1) is 0 Å². The molecule has 1 heterocycles. The van der Waals surface area contributed by atoms with Crippen molar-refractivity contribution in [2.45, 2.75) is 25.7 Å². The van der Waals surface area contributed by atoms with Crippen LogP contribution < -0.4 is 0 Å². The van der Waals surface area contributed by atoms with Crippen molar-refractivity contribution in [1.29, 1.82) is 0 Å². The van der Waals surface area contributed by atoms with E-state index in [1.54, 1.807) is 4.90 Å². The summed E-state index contributed by atoms with van der Waals surface area (Å²) in [5.74, 6) is -4.81. The molecule has 4 heteroatoms. The lowest BCUT2D eigenvalue weighted by Crippen LogP contribution is -2.52. The molecule has 78 valence electrons. The van der Waals surface area contributed by atoms with Crippen LogP contribution in [0.5, 0.6) is 0 Å². The molecule has 0 aromatic heterocycles. The number of alkyl halides is 2. The predicted molar refractivity (Wildman–Crippen MR) is 45.8 cm³/mol. The second-order valence-corrected chi connectivity index (χ2v) is 5.14. The van der Waals surface area contributed by atoms with Gasteiger partial charge in [-0.25, -0.2) is 8.78 Å². The van der Waals surface area contributed by atoms with E-state index in [1.165, 1.54) is 19.8 Å². The minimum atomic E-state index is -2.73. The molecule has 0 N–H and O–H groups in total. The zero-order valence-electron chi connectivity index (χ0n) is 8.09. The fourth-order valence-electron chi connectivity index (χ4n) is 2.47. The molecule has 0 bridgehead atoms. The van der Waals surface area contributed by atoms with E-state index in [0.29, 0.717) is 5.41 Å². The van der Waals surface area contributed by atoms with Gasteiger partial charge in [0.25, 0.3) is 5.92 Å². The van der Waals surface area contributed by atoms with Gasteiger partial charge < -0.3 is 4.90 Å². The van der Waals surface area contributed by atoms with Crippen LogP contribution in [0.1, 0.15) is 19.8 Å². The van der Waals surface area contributed by atoms with Crippen molar-refractivity contribution >= 4 is 5.91 Å². The Morgan fingerprint density at radius 3 is 2.21 bits per heavy atom. The second-order valence-electron chi connectivity index (χ2n) is 5.14. The molecule has 0 radical (unpaired) electrons. The largest absolute Gasteiger partial charge is 0.341 e. The third-order valence-electron chi connectivity index (χ3n) is 4.00. The lowest BCUT2D eigenvalue weighted by Gasteiger charge is -2.40. The molecule has 2 atom stereocenters. The molecule has 2 aliphatic carbocycles. The van der Waals surface area contributed by atoms with Crippen LogP contribution in [0.15, 0.2) is 0 Å². The minimum absolute atomic E-state index is 0.319. The first-order valence-corrected chi connectivity index (χ1v) is 5.13. The molecule has 0 aromatic rings.